The molecule has 0 radical (unpaired) electrons. The maximum atomic E-state index is 13.5. The van der Waals surface area contributed by atoms with Gasteiger partial charge in [0.05, 0.1) is 6.54 Å². The molecule has 7 heteroatoms. The molecule has 0 saturated heterocycles. The summed E-state index contributed by atoms with van der Waals surface area (Å²) in [6.45, 7) is 3.01. The monoisotopic (exact) mass is 317 g/mol. The molecule has 0 spiro atoms. The predicted octanol–water partition coefficient (Wildman–Crippen LogP) is 2.28. The van der Waals surface area contributed by atoms with E-state index in [0.717, 1.165) is 0 Å². The van der Waals surface area contributed by atoms with Crippen LogP contribution in [0.25, 0.3) is 6.08 Å². The van der Waals surface area contributed by atoms with E-state index in [1.54, 1.807) is 38.1 Å². The Morgan fingerprint density at radius 2 is 2.09 bits per heavy atom. The quantitative estimate of drug-likeness (QED) is 0.829. The normalized spacial score (nSPS) is 11.2. The van der Waals surface area contributed by atoms with Gasteiger partial charge in [-0.2, -0.15) is 0 Å². The van der Waals surface area contributed by atoms with Gasteiger partial charge >= 0.3 is 0 Å². The largest absolute Gasteiger partial charge is 0.360 e. The second-order valence-corrected chi connectivity index (χ2v) is 4.90. The number of nitrogens with one attached hydrogen (secondary N) is 2. The molecule has 0 aliphatic rings. The zero-order valence-corrected chi connectivity index (χ0v) is 12.7. The minimum atomic E-state index is -0.459. The highest BCUT2D eigenvalue weighted by atomic mass is 19.1. The number of amides is 2. The molecule has 0 fully saturated rings. The summed E-state index contributed by atoms with van der Waals surface area (Å²) < 4.78 is 18.3. The molecule has 23 heavy (non-hydrogen) atoms. The van der Waals surface area contributed by atoms with E-state index >= 15 is 0 Å². The van der Waals surface area contributed by atoms with Crippen LogP contribution >= 0.6 is 0 Å². The van der Waals surface area contributed by atoms with Crippen molar-refractivity contribution in [1.82, 2.24) is 10.5 Å². The van der Waals surface area contributed by atoms with Gasteiger partial charge in [0.15, 0.2) is 5.82 Å². The molecule has 0 bridgehead atoms. The Labute approximate surface area is 132 Å². The molecule has 0 saturated carbocycles. The number of halogens is 1. The first-order valence-electron chi connectivity index (χ1n) is 6.90. The molecule has 120 valence electrons. The molecule has 0 atom stereocenters. The van der Waals surface area contributed by atoms with Gasteiger partial charge in [0.2, 0.25) is 11.8 Å². The van der Waals surface area contributed by atoms with E-state index in [4.69, 9.17) is 4.52 Å². The Kier molecular flexibility index (Phi) is 5.24. The van der Waals surface area contributed by atoms with Gasteiger partial charge in [-0.1, -0.05) is 23.4 Å². The van der Waals surface area contributed by atoms with Crippen LogP contribution in [0.4, 0.5) is 10.2 Å². The fourth-order valence-corrected chi connectivity index (χ4v) is 1.80. The van der Waals surface area contributed by atoms with Crippen molar-refractivity contribution in [3.05, 3.63) is 53.0 Å². The maximum absolute atomic E-state index is 13.5. The molecule has 0 unspecified atom stereocenters. The molecule has 2 N–H and O–H groups in total. The van der Waals surface area contributed by atoms with Crippen molar-refractivity contribution in [2.75, 3.05) is 11.9 Å². The van der Waals surface area contributed by atoms with Crippen molar-refractivity contribution in [3.63, 3.8) is 0 Å². The summed E-state index contributed by atoms with van der Waals surface area (Å²) in [4.78, 5) is 23.6. The average molecular weight is 317 g/mol. The minimum absolute atomic E-state index is 0.229. The number of anilines is 1. The van der Waals surface area contributed by atoms with Crippen molar-refractivity contribution in [2.45, 2.75) is 13.8 Å². The number of benzene rings is 1. The first kappa shape index (κ1) is 16.4. The maximum Gasteiger partial charge on any atom is 0.247 e. The Morgan fingerprint density at radius 1 is 1.35 bits per heavy atom. The van der Waals surface area contributed by atoms with Crippen LogP contribution < -0.4 is 10.6 Å². The molecule has 1 aromatic heterocycles. The van der Waals surface area contributed by atoms with E-state index in [2.05, 4.69) is 15.8 Å². The standard InChI is InChI=1S/C16H16FN3O3/c1-10(7-12-5-3-4-6-13(12)17)16(22)18-9-15(21)19-14-8-11(2)23-20-14/h3-8H,9H2,1-2H3,(H,18,22)(H,19,20,21)/b10-7+. The molecule has 1 heterocycles. The summed E-state index contributed by atoms with van der Waals surface area (Å²) in [5.74, 6) is -0.475. The van der Waals surface area contributed by atoms with Crippen LogP contribution in [0.1, 0.15) is 18.2 Å². The molecule has 1 aromatic carbocycles. The van der Waals surface area contributed by atoms with Crippen molar-refractivity contribution >= 4 is 23.7 Å². The van der Waals surface area contributed by atoms with Crippen LogP contribution in [-0.2, 0) is 9.59 Å². The molecular formula is C16H16FN3O3. The molecule has 2 amide bonds. The minimum Gasteiger partial charge on any atom is -0.360 e. The predicted molar refractivity (Wildman–Crippen MR) is 82.9 cm³/mol. The van der Waals surface area contributed by atoms with Gasteiger partial charge in [-0.25, -0.2) is 4.39 Å². The number of hydrogen-bond donors (Lipinski definition) is 2. The second kappa shape index (κ2) is 7.35. The average Bonchev–Trinajstić information content (AvgIpc) is 2.92. The zero-order chi connectivity index (χ0) is 16.8. The highest BCUT2D eigenvalue weighted by molar-refractivity contribution is 6.00. The van der Waals surface area contributed by atoms with E-state index in [-0.39, 0.29) is 12.4 Å². The fraction of sp³-hybridized carbons (Fsp3) is 0.188. The lowest BCUT2D eigenvalue weighted by atomic mass is 10.1. The van der Waals surface area contributed by atoms with Gasteiger partial charge in [-0.15, -0.1) is 0 Å². The van der Waals surface area contributed by atoms with E-state index in [9.17, 15) is 14.0 Å². The molecular weight excluding hydrogens is 301 g/mol. The number of carbonyl (C=O) groups excluding carboxylic acids is 2. The van der Waals surface area contributed by atoms with Gasteiger partial charge in [0, 0.05) is 17.2 Å². The summed E-state index contributed by atoms with van der Waals surface area (Å²) in [5.41, 5.74) is 0.600. The fourth-order valence-electron chi connectivity index (χ4n) is 1.80. The number of carbonyl (C=O) groups is 2. The lowest BCUT2D eigenvalue weighted by molar-refractivity contribution is -0.121. The number of hydrogen-bond acceptors (Lipinski definition) is 4. The highest BCUT2D eigenvalue weighted by Crippen LogP contribution is 2.11. The van der Waals surface area contributed by atoms with Gasteiger partial charge in [-0.05, 0) is 26.0 Å². The van der Waals surface area contributed by atoms with Gasteiger partial charge in [0.1, 0.15) is 11.6 Å². The van der Waals surface area contributed by atoms with E-state index < -0.39 is 17.6 Å². The van der Waals surface area contributed by atoms with Crippen LogP contribution in [-0.4, -0.2) is 23.5 Å². The van der Waals surface area contributed by atoms with Crippen LogP contribution in [0.5, 0.6) is 0 Å². The smallest absolute Gasteiger partial charge is 0.247 e. The van der Waals surface area contributed by atoms with Crippen LogP contribution in [0, 0.1) is 12.7 Å². The second-order valence-electron chi connectivity index (χ2n) is 4.90. The Morgan fingerprint density at radius 3 is 2.74 bits per heavy atom. The van der Waals surface area contributed by atoms with Gasteiger partial charge in [-0.3, -0.25) is 9.59 Å². The summed E-state index contributed by atoms with van der Waals surface area (Å²) in [5, 5.41) is 8.54. The van der Waals surface area contributed by atoms with E-state index in [0.29, 0.717) is 16.9 Å². The Hall–Kier alpha value is -2.96. The third-order valence-electron chi connectivity index (χ3n) is 2.94. The molecule has 0 aliphatic heterocycles. The third kappa shape index (κ3) is 4.77. The first-order chi connectivity index (χ1) is 11.0. The van der Waals surface area contributed by atoms with Crippen LogP contribution in [0.2, 0.25) is 0 Å². The molecule has 6 nitrogen and oxygen atoms in total. The van der Waals surface area contributed by atoms with E-state index in [1.165, 1.54) is 12.1 Å². The van der Waals surface area contributed by atoms with Crippen LogP contribution in [0.15, 0.2) is 40.4 Å². The summed E-state index contributed by atoms with van der Waals surface area (Å²) in [6.07, 6.45) is 1.42. The number of rotatable bonds is 5. The lowest BCUT2D eigenvalue weighted by Gasteiger charge is -2.05. The topological polar surface area (TPSA) is 84.2 Å². The molecule has 2 rings (SSSR count). The van der Waals surface area contributed by atoms with E-state index in [1.807, 2.05) is 0 Å². The lowest BCUT2D eigenvalue weighted by Crippen LogP contribution is -2.33. The number of aromatic nitrogens is 1. The van der Waals surface area contributed by atoms with Crippen molar-refractivity contribution in [1.29, 1.82) is 0 Å². The number of nitrogens with zero attached hydrogens (tertiary/aromatic N) is 1. The highest BCUT2D eigenvalue weighted by Gasteiger charge is 2.10. The van der Waals surface area contributed by atoms with Gasteiger partial charge < -0.3 is 15.2 Å². The zero-order valence-electron chi connectivity index (χ0n) is 12.7. The Bertz CT molecular complexity index is 753. The van der Waals surface area contributed by atoms with Crippen molar-refractivity contribution in [3.8, 4) is 0 Å². The van der Waals surface area contributed by atoms with Gasteiger partial charge in [0.25, 0.3) is 0 Å². The molecule has 0 aliphatic carbocycles. The first-order valence-corrected chi connectivity index (χ1v) is 6.90. The number of aryl methyl sites for hydroxylation is 1. The van der Waals surface area contributed by atoms with Crippen molar-refractivity contribution < 1.29 is 18.5 Å². The van der Waals surface area contributed by atoms with Crippen molar-refractivity contribution in [2.24, 2.45) is 0 Å². The summed E-state index contributed by atoms with van der Waals surface area (Å²) >= 11 is 0. The molecule has 2 aromatic rings. The SMILES string of the molecule is C/C(=C\c1ccccc1F)C(=O)NCC(=O)Nc1cc(C)on1. The summed E-state index contributed by atoms with van der Waals surface area (Å²) in [7, 11) is 0. The Balaban J connectivity index is 1.89. The third-order valence-corrected chi connectivity index (χ3v) is 2.94. The van der Waals surface area contributed by atoms with Crippen LogP contribution in [0.3, 0.4) is 0 Å². The summed E-state index contributed by atoms with van der Waals surface area (Å²) in [6, 6.07) is 7.67.